The van der Waals surface area contributed by atoms with E-state index >= 15 is 0 Å². The zero-order chi connectivity index (χ0) is 19.5. The third-order valence-corrected chi connectivity index (χ3v) is 4.82. The van der Waals surface area contributed by atoms with Crippen LogP contribution in [0.1, 0.15) is 15.9 Å². The fraction of sp³-hybridized carbons (Fsp3) is 0.130. The number of ether oxygens (including phenoxy) is 1. The van der Waals surface area contributed by atoms with Gasteiger partial charge in [-0.2, -0.15) is 0 Å². The van der Waals surface area contributed by atoms with Gasteiger partial charge in [-0.15, -0.1) is 0 Å². The zero-order valence-electron chi connectivity index (χ0n) is 15.5. The summed E-state index contributed by atoms with van der Waals surface area (Å²) in [6.45, 7) is 0.385. The highest BCUT2D eigenvalue weighted by molar-refractivity contribution is 5.98. The number of pyridine rings is 1. The van der Waals surface area contributed by atoms with Crippen LogP contribution in [-0.4, -0.2) is 24.5 Å². The number of benzene rings is 3. The van der Waals surface area contributed by atoms with Crippen molar-refractivity contribution < 1.29 is 9.53 Å². The minimum Gasteiger partial charge on any atom is -0.497 e. The van der Waals surface area contributed by atoms with E-state index in [0.29, 0.717) is 29.8 Å². The summed E-state index contributed by atoms with van der Waals surface area (Å²) in [5.74, 6) is 0.547. The van der Waals surface area contributed by atoms with Crippen molar-refractivity contribution in [1.29, 1.82) is 0 Å². The van der Waals surface area contributed by atoms with Crippen molar-refractivity contribution >= 4 is 27.6 Å². The first-order valence-electron chi connectivity index (χ1n) is 9.11. The monoisotopic (exact) mass is 372 g/mol. The van der Waals surface area contributed by atoms with Gasteiger partial charge in [0, 0.05) is 23.7 Å². The normalized spacial score (nSPS) is 10.9. The van der Waals surface area contributed by atoms with E-state index in [4.69, 9.17) is 4.74 Å². The van der Waals surface area contributed by atoms with Gasteiger partial charge >= 0.3 is 0 Å². The highest BCUT2D eigenvalue weighted by Gasteiger charge is 2.08. The van der Waals surface area contributed by atoms with Gasteiger partial charge in [0.15, 0.2) is 0 Å². The van der Waals surface area contributed by atoms with Gasteiger partial charge < -0.3 is 15.0 Å². The van der Waals surface area contributed by atoms with Gasteiger partial charge in [0.2, 0.25) is 0 Å². The van der Waals surface area contributed by atoms with Crippen LogP contribution in [0.5, 0.6) is 5.75 Å². The van der Waals surface area contributed by atoms with E-state index in [0.717, 1.165) is 21.7 Å². The molecule has 0 bridgehead atoms. The van der Waals surface area contributed by atoms with E-state index in [-0.39, 0.29) is 11.5 Å². The molecule has 0 unspecified atom stereocenters. The van der Waals surface area contributed by atoms with Crippen LogP contribution in [0.3, 0.4) is 0 Å². The molecular formula is C23H20N2O3. The summed E-state index contributed by atoms with van der Waals surface area (Å²) in [5, 5.41) is 5.94. The molecule has 5 nitrogen and oxygen atoms in total. The molecule has 0 saturated carbocycles. The van der Waals surface area contributed by atoms with Crippen LogP contribution in [0.4, 0.5) is 0 Å². The Bertz CT molecular complexity index is 1230. The summed E-state index contributed by atoms with van der Waals surface area (Å²) in [6, 6.07) is 20.9. The van der Waals surface area contributed by atoms with E-state index < -0.39 is 0 Å². The Labute approximate surface area is 162 Å². The number of methoxy groups -OCH3 is 1. The molecule has 4 aromatic rings. The standard InChI is InChI=1S/C23H20N2O3/c1-28-20-9-8-17-13-19(23(27)25-21(17)14-20)10-11-24-22(26)18-7-6-15-4-2-3-5-16(15)12-18/h2-9,12-14H,10-11H2,1H3,(H,24,26)(H,25,27). The SMILES string of the molecule is COc1ccc2cc(CCNC(=O)c3ccc4ccccc4c3)c(=O)[nH]c2c1. The van der Waals surface area contributed by atoms with Gasteiger partial charge in [-0.3, -0.25) is 9.59 Å². The number of fused-ring (bicyclic) bond motifs is 2. The Balaban J connectivity index is 1.46. The maximum atomic E-state index is 12.4. The number of amides is 1. The molecule has 0 aliphatic rings. The fourth-order valence-corrected chi connectivity index (χ4v) is 3.28. The summed E-state index contributed by atoms with van der Waals surface area (Å²) in [5.41, 5.74) is 1.82. The molecule has 1 amide bonds. The molecule has 0 spiro atoms. The molecule has 0 atom stereocenters. The minimum absolute atomic E-state index is 0.146. The average Bonchev–Trinajstić information content (AvgIpc) is 2.73. The van der Waals surface area contributed by atoms with Crippen LogP contribution in [-0.2, 0) is 6.42 Å². The quantitative estimate of drug-likeness (QED) is 0.562. The van der Waals surface area contributed by atoms with Gasteiger partial charge in [0.05, 0.1) is 12.6 Å². The molecule has 0 radical (unpaired) electrons. The van der Waals surface area contributed by atoms with Crippen LogP contribution < -0.4 is 15.6 Å². The molecule has 28 heavy (non-hydrogen) atoms. The zero-order valence-corrected chi connectivity index (χ0v) is 15.5. The third kappa shape index (κ3) is 3.60. The largest absolute Gasteiger partial charge is 0.497 e. The number of hydrogen-bond acceptors (Lipinski definition) is 3. The Morgan fingerprint density at radius 1 is 0.964 bits per heavy atom. The maximum absolute atomic E-state index is 12.4. The highest BCUT2D eigenvalue weighted by Crippen LogP contribution is 2.19. The lowest BCUT2D eigenvalue weighted by molar-refractivity contribution is 0.0954. The van der Waals surface area contributed by atoms with Gasteiger partial charge in [-0.25, -0.2) is 0 Å². The van der Waals surface area contributed by atoms with Crippen LogP contribution in [0.2, 0.25) is 0 Å². The number of rotatable bonds is 5. The van der Waals surface area contributed by atoms with Crippen LogP contribution in [0.25, 0.3) is 21.7 Å². The molecule has 1 aromatic heterocycles. The van der Waals surface area contributed by atoms with Crippen molar-refractivity contribution in [3.05, 3.63) is 88.2 Å². The molecule has 5 heteroatoms. The number of carbonyl (C=O) groups is 1. The van der Waals surface area contributed by atoms with Crippen LogP contribution in [0, 0.1) is 0 Å². The summed E-state index contributed by atoms with van der Waals surface area (Å²) in [6.07, 6.45) is 0.455. The molecule has 140 valence electrons. The fourth-order valence-electron chi connectivity index (χ4n) is 3.28. The molecule has 0 aliphatic carbocycles. The first kappa shape index (κ1) is 17.8. The number of H-pyrrole nitrogens is 1. The maximum Gasteiger partial charge on any atom is 0.251 e. The first-order chi connectivity index (χ1) is 13.6. The summed E-state index contributed by atoms with van der Waals surface area (Å²) >= 11 is 0. The lowest BCUT2D eigenvalue weighted by atomic mass is 10.1. The van der Waals surface area contributed by atoms with Crippen molar-refractivity contribution in [2.75, 3.05) is 13.7 Å². The number of aromatic nitrogens is 1. The van der Waals surface area contributed by atoms with Crippen LogP contribution >= 0.6 is 0 Å². The molecule has 0 aliphatic heterocycles. The Morgan fingerprint density at radius 3 is 2.57 bits per heavy atom. The van der Waals surface area contributed by atoms with Crippen molar-refractivity contribution in [3.63, 3.8) is 0 Å². The lowest BCUT2D eigenvalue weighted by Gasteiger charge is -2.08. The van der Waals surface area contributed by atoms with Crippen molar-refractivity contribution in [2.45, 2.75) is 6.42 Å². The first-order valence-corrected chi connectivity index (χ1v) is 9.11. The van der Waals surface area contributed by atoms with E-state index in [1.54, 1.807) is 13.2 Å². The van der Waals surface area contributed by atoms with Gasteiger partial charge in [-0.1, -0.05) is 30.3 Å². The molecule has 3 aromatic carbocycles. The van der Waals surface area contributed by atoms with Crippen molar-refractivity contribution in [1.82, 2.24) is 10.3 Å². The number of hydrogen-bond donors (Lipinski definition) is 2. The van der Waals surface area contributed by atoms with Crippen molar-refractivity contribution in [3.8, 4) is 5.75 Å². The Hall–Kier alpha value is -3.60. The number of nitrogens with one attached hydrogen (secondary N) is 2. The Morgan fingerprint density at radius 2 is 1.75 bits per heavy atom. The summed E-state index contributed by atoms with van der Waals surface area (Å²) in [4.78, 5) is 27.6. The van der Waals surface area contributed by atoms with E-state index in [1.807, 2.05) is 60.7 Å². The average molecular weight is 372 g/mol. The van der Waals surface area contributed by atoms with E-state index in [1.165, 1.54) is 0 Å². The summed E-state index contributed by atoms with van der Waals surface area (Å²) < 4.78 is 5.18. The highest BCUT2D eigenvalue weighted by atomic mass is 16.5. The minimum atomic E-state index is -0.152. The third-order valence-electron chi connectivity index (χ3n) is 4.82. The second-order valence-electron chi connectivity index (χ2n) is 6.64. The molecule has 2 N–H and O–H groups in total. The van der Waals surface area contributed by atoms with Crippen molar-refractivity contribution in [2.24, 2.45) is 0 Å². The second-order valence-corrected chi connectivity index (χ2v) is 6.64. The second kappa shape index (κ2) is 7.56. The van der Waals surface area contributed by atoms with Gasteiger partial charge in [0.1, 0.15) is 5.75 Å². The van der Waals surface area contributed by atoms with Gasteiger partial charge in [-0.05, 0) is 52.9 Å². The number of aromatic amines is 1. The molecule has 4 rings (SSSR count). The van der Waals surface area contributed by atoms with Crippen LogP contribution in [0.15, 0.2) is 71.5 Å². The number of carbonyl (C=O) groups excluding carboxylic acids is 1. The summed E-state index contributed by atoms with van der Waals surface area (Å²) in [7, 11) is 1.59. The van der Waals surface area contributed by atoms with E-state index in [2.05, 4.69) is 10.3 Å². The predicted molar refractivity (Wildman–Crippen MR) is 111 cm³/mol. The smallest absolute Gasteiger partial charge is 0.251 e. The molecule has 1 heterocycles. The Kier molecular flexibility index (Phi) is 4.81. The molecular weight excluding hydrogens is 352 g/mol. The topological polar surface area (TPSA) is 71.2 Å². The van der Waals surface area contributed by atoms with Gasteiger partial charge in [0.25, 0.3) is 11.5 Å². The predicted octanol–water partition coefficient (Wildman–Crippen LogP) is 3.66. The molecule has 0 saturated heterocycles. The molecule has 0 fully saturated rings. The van der Waals surface area contributed by atoms with E-state index in [9.17, 15) is 9.59 Å². The lowest BCUT2D eigenvalue weighted by Crippen LogP contribution is -2.27.